The molecule has 0 aliphatic carbocycles. The van der Waals surface area contributed by atoms with Crippen LogP contribution in [0.2, 0.25) is 0 Å². The highest BCUT2D eigenvalue weighted by atomic mass is 32.1. The molecule has 2 aromatic heterocycles. The first kappa shape index (κ1) is 13.7. The van der Waals surface area contributed by atoms with E-state index in [1.807, 2.05) is 6.07 Å². The van der Waals surface area contributed by atoms with E-state index in [-0.39, 0.29) is 5.63 Å². The van der Waals surface area contributed by atoms with Crippen molar-refractivity contribution < 1.29 is 4.42 Å². The first-order valence-electron chi connectivity index (χ1n) is 7.39. The molecule has 1 aliphatic heterocycles. The summed E-state index contributed by atoms with van der Waals surface area (Å²) in [5.74, 6) is 0.442. The van der Waals surface area contributed by atoms with Crippen LogP contribution in [-0.4, -0.2) is 16.4 Å². The number of aryl methyl sites for hydroxylation is 1. The standard InChI is InChI=1S/C17H16N2O2S/c1-11-18-16-15(17(20)21-11)13-7-8-19(10-14(13)22-16)9-12-5-3-2-4-6-12/h2-6H,7-10H2,1H3. The van der Waals surface area contributed by atoms with E-state index < -0.39 is 0 Å². The maximum atomic E-state index is 12.1. The minimum Gasteiger partial charge on any atom is -0.408 e. The lowest BCUT2D eigenvalue weighted by Crippen LogP contribution is -2.29. The third kappa shape index (κ3) is 2.36. The van der Waals surface area contributed by atoms with Crippen LogP contribution in [0.4, 0.5) is 0 Å². The van der Waals surface area contributed by atoms with Crippen molar-refractivity contribution in [2.45, 2.75) is 26.4 Å². The van der Waals surface area contributed by atoms with E-state index in [0.717, 1.165) is 36.4 Å². The van der Waals surface area contributed by atoms with Gasteiger partial charge in [-0.3, -0.25) is 4.90 Å². The first-order valence-corrected chi connectivity index (χ1v) is 8.20. The molecule has 5 heteroatoms. The molecule has 22 heavy (non-hydrogen) atoms. The second-order valence-electron chi connectivity index (χ2n) is 5.65. The number of hydrogen-bond acceptors (Lipinski definition) is 5. The normalized spacial score (nSPS) is 15.1. The van der Waals surface area contributed by atoms with E-state index >= 15 is 0 Å². The van der Waals surface area contributed by atoms with Gasteiger partial charge in [-0.15, -0.1) is 11.3 Å². The van der Waals surface area contributed by atoms with Gasteiger partial charge in [0.25, 0.3) is 0 Å². The van der Waals surface area contributed by atoms with Crippen molar-refractivity contribution in [3.05, 3.63) is 62.6 Å². The highest BCUT2D eigenvalue weighted by molar-refractivity contribution is 7.18. The van der Waals surface area contributed by atoms with Gasteiger partial charge in [0, 0.05) is 31.4 Å². The van der Waals surface area contributed by atoms with Crippen molar-refractivity contribution in [2.75, 3.05) is 6.54 Å². The Balaban J connectivity index is 1.67. The molecule has 0 N–H and O–H groups in total. The fourth-order valence-electron chi connectivity index (χ4n) is 3.06. The molecule has 4 nitrogen and oxygen atoms in total. The fourth-order valence-corrected chi connectivity index (χ4v) is 4.35. The van der Waals surface area contributed by atoms with E-state index in [4.69, 9.17) is 4.42 Å². The molecule has 1 aliphatic rings. The van der Waals surface area contributed by atoms with E-state index in [0.29, 0.717) is 11.3 Å². The number of aromatic nitrogens is 1. The molecule has 1 aromatic carbocycles. The second kappa shape index (κ2) is 5.34. The van der Waals surface area contributed by atoms with Crippen molar-refractivity contribution in [1.82, 2.24) is 9.88 Å². The van der Waals surface area contributed by atoms with Crippen LogP contribution in [0.3, 0.4) is 0 Å². The van der Waals surface area contributed by atoms with Crippen molar-refractivity contribution in [3.8, 4) is 0 Å². The minimum absolute atomic E-state index is 0.239. The van der Waals surface area contributed by atoms with Crippen LogP contribution in [0.25, 0.3) is 10.2 Å². The average molecular weight is 312 g/mol. The maximum Gasteiger partial charge on any atom is 0.348 e. The van der Waals surface area contributed by atoms with E-state index in [2.05, 4.69) is 34.1 Å². The van der Waals surface area contributed by atoms with Crippen LogP contribution in [0.5, 0.6) is 0 Å². The molecule has 0 fully saturated rings. The highest BCUT2D eigenvalue weighted by Gasteiger charge is 2.24. The van der Waals surface area contributed by atoms with Crippen molar-refractivity contribution >= 4 is 21.6 Å². The first-order chi connectivity index (χ1) is 10.7. The number of rotatable bonds is 2. The Kier molecular flexibility index (Phi) is 3.32. The molecule has 0 spiro atoms. The van der Waals surface area contributed by atoms with Crippen molar-refractivity contribution in [2.24, 2.45) is 0 Å². The lowest BCUT2D eigenvalue weighted by Gasteiger charge is -2.26. The van der Waals surface area contributed by atoms with Gasteiger partial charge in [0.1, 0.15) is 10.2 Å². The molecule has 0 saturated carbocycles. The molecule has 0 bridgehead atoms. The minimum atomic E-state index is -0.239. The summed E-state index contributed by atoms with van der Waals surface area (Å²) in [5, 5.41) is 0.699. The molecule has 0 atom stereocenters. The molecule has 3 heterocycles. The summed E-state index contributed by atoms with van der Waals surface area (Å²) in [6.07, 6.45) is 0.887. The lowest BCUT2D eigenvalue weighted by molar-refractivity contribution is 0.249. The Bertz CT molecular complexity index is 883. The van der Waals surface area contributed by atoms with Gasteiger partial charge in [-0.05, 0) is 17.5 Å². The third-order valence-electron chi connectivity index (χ3n) is 4.07. The Labute approximate surface area is 132 Å². The lowest BCUT2D eigenvalue weighted by atomic mass is 10.0. The molecule has 0 amide bonds. The topological polar surface area (TPSA) is 46.3 Å². The molecule has 4 rings (SSSR count). The molecule has 0 unspecified atom stereocenters. The number of thiophene rings is 1. The van der Waals surface area contributed by atoms with Crippen LogP contribution < -0.4 is 5.63 Å². The zero-order valence-electron chi connectivity index (χ0n) is 12.3. The van der Waals surface area contributed by atoms with E-state index in [1.165, 1.54) is 10.4 Å². The van der Waals surface area contributed by atoms with Gasteiger partial charge in [0.15, 0.2) is 5.89 Å². The number of fused-ring (bicyclic) bond motifs is 3. The van der Waals surface area contributed by atoms with E-state index in [1.54, 1.807) is 18.3 Å². The molecule has 0 radical (unpaired) electrons. The average Bonchev–Trinajstić information content (AvgIpc) is 2.85. The molecular weight excluding hydrogens is 296 g/mol. The largest absolute Gasteiger partial charge is 0.408 e. The van der Waals surface area contributed by atoms with Crippen LogP contribution in [-0.2, 0) is 19.5 Å². The quantitative estimate of drug-likeness (QED) is 0.729. The van der Waals surface area contributed by atoms with Crippen LogP contribution >= 0.6 is 11.3 Å². The van der Waals surface area contributed by atoms with Gasteiger partial charge >= 0.3 is 5.63 Å². The van der Waals surface area contributed by atoms with Crippen molar-refractivity contribution in [1.29, 1.82) is 0 Å². The summed E-state index contributed by atoms with van der Waals surface area (Å²) in [7, 11) is 0. The van der Waals surface area contributed by atoms with Crippen LogP contribution in [0.1, 0.15) is 21.9 Å². The summed E-state index contributed by atoms with van der Waals surface area (Å²) in [6.45, 7) is 4.50. The fraction of sp³-hybridized carbons (Fsp3) is 0.294. The van der Waals surface area contributed by atoms with Gasteiger partial charge < -0.3 is 4.42 Å². The zero-order valence-corrected chi connectivity index (χ0v) is 13.2. The van der Waals surface area contributed by atoms with Crippen molar-refractivity contribution in [3.63, 3.8) is 0 Å². The van der Waals surface area contributed by atoms with Gasteiger partial charge in [0.2, 0.25) is 0 Å². The zero-order chi connectivity index (χ0) is 15.1. The summed E-state index contributed by atoms with van der Waals surface area (Å²) in [5.41, 5.74) is 2.22. The van der Waals surface area contributed by atoms with Crippen LogP contribution in [0, 0.1) is 6.92 Å². The smallest absolute Gasteiger partial charge is 0.348 e. The third-order valence-corrected chi connectivity index (χ3v) is 5.18. The van der Waals surface area contributed by atoms with Gasteiger partial charge in [-0.25, -0.2) is 9.78 Å². The number of hydrogen-bond donors (Lipinski definition) is 0. The number of nitrogens with zero attached hydrogens (tertiary/aromatic N) is 2. The predicted molar refractivity (Wildman–Crippen MR) is 87.2 cm³/mol. The van der Waals surface area contributed by atoms with Gasteiger partial charge in [-0.2, -0.15) is 0 Å². The van der Waals surface area contributed by atoms with E-state index in [9.17, 15) is 4.79 Å². The SMILES string of the molecule is Cc1nc2sc3c(c2c(=O)o1)CCN(Cc1ccccc1)C3. The van der Waals surface area contributed by atoms with Gasteiger partial charge in [-0.1, -0.05) is 30.3 Å². The monoisotopic (exact) mass is 312 g/mol. The van der Waals surface area contributed by atoms with Gasteiger partial charge in [0.05, 0.1) is 0 Å². The summed E-state index contributed by atoms with van der Waals surface area (Å²) >= 11 is 1.63. The molecule has 112 valence electrons. The molecule has 0 saturated heterocycles. The summed E-state index contributed by atoms with van der Waals surface area (Å²) in [6, 6.07) is 10.5. The Morgan fingerprint density at radius 2 is 2.14 bits per heavy atom. The highest BCUT2D eigenvalue weighted by Crippen LogP contribution is 2.33. The Hall–Kier alpha value is -1.98. The molecular formula is C17H16N2O2S. The summed E-state index contributed by atoms with van der Waals surface area (Å²) in [4.78, 5) is 21.0. The number of benzene rings is 1. The maximum absolute atomic E-state index is 12.1. The Morgan fingerprint density at radius 1 is 1.32 bits per heavy atom. The summed E-state index contributed by atoms with van der Waals surface area (Å²) < 4.78 is 5.16. The molecule has 3 aromatic rings. The predicted octanol–water partition coefficient (Wildman–Crippen LogP) is 3.12. The Morgan fingerprint density at radius 3 is 2.95 bits per heavy atom. The van der Waals surface area contributed by atoms with Crippen LogP contribution in [0.15, 0.2) is 39.5 Å². The second-order valence-corrected chi connectivity index (χ2v) is 6.73.